The van der Waals surface area contributed by atoms with Crippen LogP contribution in [0.2, 0.25) is 5.02 Å². The number of ether oxygens (including phenoxy) is 1. The summed E-state index contributed by atoms with van der Waals surface area (Å²) in [7, 11) is 0. The molecule has 2 aliphatic heterocycles. The van der Waals surface area contributed by atoms with Crippen LogP contribution in [0.1, 0.15) is 33.6 Å². The molecule has 1 aromatic heterocycles. The number of halogens is 4. The number of amides is 1. The molecular formula is C18H24ClF3N4O2. The number of aromatic nitrogens is 1. The third-order valence-corrected chi connectivity index (χ3v) is 5.00. The quantitative estimate of drug-likeness (QED) is 0.790. The Balaban J connectivity index is 1.74. The van der Waals surface area contributed by atoms with Crippen molar-refractivity contribution in [1.82, 2.24) is 9.88 Å². The smallest absolute Gasteiger partial charge is 0.412 e. The molecule has 2 saturated heterocycles. The van der Waals surface area contributed by atoms with Gasteiger partial charge in [-0.05, 0) is 33.6 Å². The minimum atomic E-state index is -4.20. The maximum atomic E-state index is 12.7. The summed E-state index contributed by atoms with van der Waals surface area (Å²) in [4.78, 5) is 19.9. The van der Waals surface area contributed by atoms with Crippen LogP contribution in [0, 0.1) is 0 Å². The summed E-state index contributed by atoms with van der Waals surface area (Å²) in [6.45, 7) is 5.02. The molecule has 2 atom stereocenters. The summed E-state index contributed by atoms with van der Waals surface area (Å²) < 4.78 is 43.5. The first kappa shape index (κ1) is 21.0. The first-order valence-electron chi connectivity index (χ1n) is 9.14. The fraction of sp³-hybridized carbons (Fsp3) is 0.667. The van der Waals surface area contributed by atoms with Crippen LogP contribution < -0.4 is 10.2 Å². The van der Waals surface area contributed by atoms with Gasteiger partial charge in [-0.2, -0.15) is 13.2 Å². The van der Waals surface area contributed by atoms with E-state index in [4.69, 9.17) is 16.3 Å². The van der Waals surface area contributed by atoms with E-state index in [0.717, 1.165) is 12.8 Å². The number of piperazine rings is 1. The van der Waals surface area contributed by atoms with Crippen molar-refractivity contribution in [3.8, 4) is 0 Å². The number of nitrogens with one attached hydrogen (secondary N) is 1. The van der Waals surface area contributed by atoms with Gasteiger partial charge in [0.15, 0.2) is 0 Å². The van der Waals surface area contributed by atoms with Crippen molar-refractivity contribution < 1.29 is 22.7 Å². The van der Waals surface area contributed by atoms with Crippen molar-refractivity contribution in [2.24, 2.45) is 0 Å². The molecule has 0 aliphatic carbocycles. The van der Waals surface area contributed by atoms with Crippen LogP contribution >= 0.6 is 11.6 Å². The van der Waals surface area contributed by atoms with E-state index in [0.29, 0.717) is 24.6 Å². The van der Waals surface area contributed by atoms with Crippen LogP contribution in [0.4, 0.5) is 29.5 Å². The number of alkyl halides is 3. The van der Waals surface area contributed by atoms with E-state index in [1.165, 1.54) is 11.1 Å². The van der Waals surface area contributed by atoms with Crippen LogP contribution in [0.5, 0.6) is 0 Å². The van der Waals surface area contributed by atoms with Gasteiger partial charge >= 0.3 is 12.3 Å². The molecule has 2 fully saturated rings. The number of carbonyl (C=O) groups excluding carboxylic acids is 1. The molecule has 0 unspecified atom stereocenters. The van der Waals surface area contributed by atoms with Crippen molar-refractivity contribution in [3.05, 3.63) is 17.3 Å². The van der Waals surface area contributed by atoms with E-state index in [1.54, 1.807) is 26.8 Å². The minimum Gasteiger partial charge on any atom is -0.444 e. The molecule has 2 bridgehead atoms. The van der Waals surface area contributed by atoms with Crippen molar-refractivity contribution in [1.29, 1.82) is 0 Å². The van der Waals surface area contributed by atoms with E-state index in [9.17, 15) is 18.0 Å². The molecule has 28 heavy (non-hydrogen) atoms. The zero-order valence-electron chi connectivity index (χ0n) is 16.0. The van der Waals surface area contributed by atoms with Gasteiger partial charge in [0, 0.05) is 31.2 Å². The maximum absolute atomic E-state index is 12.7. The monoisotopic (exact) mass is 420 g/mol. The Bertz CT molecular complexity index is 725. The number of likely N-dealkylation sites (tertiary alicyclic amines) is 1. The molecule has 156 valence electrons. The Labute approximate surface area is 167 Å². The van der Waals surface area contributed by atoms with Gasteiger partial charge in [0.1, 0.15) is 11.4 Å². The highest BCUT2D eigenvalue weighted by Crippen LogP contribution is 2.37. The van der Waals surface area contributed by atoms with Gasteiger partial charge in [-0.3, -0.25) is 10.2 Å². The summed E-state index contributed by atoms with van der Waals surface area (Å²) in [5.41, 5.74) is -0.293. The summed E-state index contributed by atoms with van der Waals surface area (Å²) in [5.74, 6) is 0.592. The van der Waals surface area contributed by atoms with Gasteiger partial charge in [0.25, 0.3) is 0 Å². The zero-order chi connectivity index (χ0) is 20.7. The molecule has 0 aromatic carbocycles. The number of rotatable bonds is 3. The molecule has 1 aromatic rings. The highest BCUT2D eigenvalue weighted by Gasteiger charge is 2.43. The van der Waals surface area contributed by atoms with Crippen LogP contribution in [-0.2, 0) is 4.74 Å². The summed E-state index contributed by atoms with van der Waals surface area (Å²) in [6.07, 6.45) is -1.80. The first-order valence-corrected chi connectivity index (χ1v) is 9.52. The third kappa shape index (κ3) is 5.20. The lowest BCUT2D eigenvalue weighted by atomic mass is 10.1. The second-order valence-corrected chi connectivity index (χ2v) is 8.66. The zero-order valence-corrected chi connectivity index (χ0v) is 16.8. The third-order valence-electron chi connectivity index (χ3n) is 4.70. The van der Waals surface area contributed by atoms with E-state index >= 15 is 0 Å². The second kappa shape index (κ2) is 7.59. The number of nitrogens with zero attached hydrogens (tertiary/aromatic N) is 3. The number of carbonyl (C=O) groups is 1. The molecule has 0 saturated carbocycles. The van der Waals surface area contributed by atoms with Crippen molar-refractivity contribution in [2.75, 3.05) is 29.9 Å². The predicted octanol–water partition coefficient (Wildman–Crippen LogP) is 4.30. The fourth-order valence-corrected chi connectivity index (χ4v) is 3.98. The summed E-state index contributed by atoms with van der Waals surface area (Å²) >= 11 is 6.15. The van der Waals surface area contributed by atoms with E-state index in [2.05, 4.69) is 10.3 Å². The predicted molar refractivity (Wildman–Crippen MR) is 101 cm³/mol. The van der Waals surface area contributed by atoms with E-state index in [1.807, 2.05) is 4.90 Å². The van der Waals surface area contributed by atoms with Gasteiger partial charge in [0.2, 0.25) is 0 Å². The first-order chi connectivity index (χ1) is 12.9. The van der Waals surface area contributed by atoms with Crippen LogP contribution in [-0.4, -0.2) is 59.5 Å². The highest BCUT2D eigenvalue weighted by molar-refractivity contribution is 6.33. The SMILES string of the molecule is CC(C)(C)OC(=O)Nc1cc(N2[C@@H]3CC[C@H]2CN(CC(F)(F)F)C3)ncc1Cl. The van der Waals surface area contributed by atoms with E-state index in [-0.39, 0.29) is 17.1 Å². The lowest BCUT2D eigenvalue weighted by Gasteiger charge is -2.42. The molecule has 0 spiro atoms. The molecule has 6 nitrogen and oxygen atoms in total. The van der Waals surface area contributed by atoms with Crippen LogP contribution in [0.3, 0.4) is 0 Å². The second-order valence-electron chi connectivity index (χ2n) is 8.25. The standard InChI is InChI=1S/C18H24ClF3N4O2/c1-17(2,3)28-16(27)24-14-6-15(23-7-13(14)19)26-11-4-5-12(26)9-25(8-11)10-18(20,21)22/h6-7,11-12H,4-5,8-10H2,1-3H3,(H,23,24,27)/t11-,12+. The summed E-state index contributed by atoms with van der Waals surface area (Å²) in [5, 5.41) is 2.88. The number of pyridine rings is 1. The number of fused-ring (bicyclic) bond motifs is 2. The summed E-state index contributed by atoms with van der Waals surface area (Å²) in [6, 6.07) is 1.55. The Morgan fingerprint density at radius 2 is 1.89 bits per heavy atom. The van der Waals surface area contributed by atoms with Gasteiger partial charge in [0.05, 0.1) is 23.5 Å². The topological polar surface area (TPSA) is 57.7 Å². The number of hydrogen-bond donors (Lipinski definition) is 1. The molecule has 0 radical (unpaired) electrons. The molecule has 3 heterocycles. The maximum Gasteiger partial charge on any atom is 0.412 e. The van der Waals surface area contributed by atoms with Crippen molar-refractivity contribution >= 4 is 29.2 Å². The number of hydrogen-bond acceptors (Lipinski definition) is 5. The van der Waals surface area contributed by atoms with Gasteiger partial charge in [-0.15, -0.1) is 0 Å². The van der Waals surface area contributed by atoms with Crippen LogP contribution in [0.25, 0.3) is 0 Å². The van der Waals surface area contributed by atoms with E-state index < -0.39 is 24.4 Å². The average Bonchev–Trinajstić information content (AvgIpc) is 2.77. The van der Waals surface area contributed by atoms with Crippen molar-refractivity contribution in [2.45, 2.75) is 57.5 Å². The fourth-order valence-electron chi connectivity index (χ4n) is 3.83. The molecule has 1 amide bonds. The molecule has 1 N–H and O–H groups in total. The largest absolute Gasteiger partial charge is 0.444 e. The average molecular weight is 421 g/mol. The lowest BCUT2D eigenvalue weighted by Crippen LogP contribution is -2.55. The van der Waals surface area contributed by atoms with Gasteiger partial charge in [-0.25, -0.2) is 9.78 Å². The normalized spacial score (nSPS) is 23.0. The molecular weight excluding hydrogens is 397 g/mol. The van der Waals surface area contributed by atoms with Crippen LogP contribution in [0.15, 0.2) is 12.3 Å². The Hall–Kier alpha value is -1.74. The van der Waals surface area contributed by atoms with Crippen molar-refractivity contribution in [3.63, 3.8) is 0 Å². The lowest BCUT2D eigenvalue weighted by molar-refractivity contribution is -0.147. The molecule has 2 aliphatic rings. The minimum absolute atomic E-state index is 0.0517. The Kier molecular flexibility index (Phi) is 5.69. The Morgan fingerprint density at radius 3 is 2.43 bits per heavy atom. The molecule has 3 rings (SSSR count). The molecule has 10 heteroatoms. The Morgan fingerprint density at radius 1 is 1.29 bits per heavy atom. The number of anilines is 2. The highest BCUT2D eigenvalue weighted by atomic mass is 35.5. The van der Waals surface area contributed by atoms with Gasteiger partial charge < -0.3 is 9.64 Å². The van der Waals surface area contributed by atoms with Gasteiger partial charge in [-0.1, -0.05) is 11.6 Å².